The molecule has 0 aromatic carbocycles. The number of hydrogen-bond donors (Lipinski definition) is 1. The van der Waals surface area contributed by atoms with Gasteiger partial charge < -0.3 is 5.73 Å². The van der Waals surface area contributed by atoms with E-state index in [1.165, 1.54) is 12.1 Å². The molecule has 1 aromatic rings. The Balaban J connectivity index is 2.97. The molecule has 1 heterocycles. The van der Waals surface area contributed by atoms with Crippen molar-refractivity contribution >= 4 is 33.9 Å². The Morgan fingerprint density at radius 3 is 2.87 bits per heavy atom. The maximum absolute atomic E-state index is 12.6. The van der Waals surface area contributed by atoms with Crippen LogP contribution in [0, 0.1) is 5.82 Å². The zero-order valence-corrected chi connectivity index (χ0v) is 9.65. The van der Waals surface area contributed by atoms with Crippen molar-refractivity contribution < 1.29 is 4.39 Å². The van der Waals surface area contributed by atoms with E-state index in [1.54, 1.807) is 0 Å². The minimum atomic E-state index is -0.398. The Kier molecular flexibility index (Phi) is 4.36. The standard InChI is InChI=1S/C9H10BrFN4/c1-6(10)9(14-5-12)15-8-3-2-7(11)4-13-8/h2-6H,1H3,(H2,12,13,14,15). The molecule has 0 aliphatic carbocycles. The molecule has 4 nitrogen and oxygen atoms in total. The highest BCUT2D eigenvalue weighted by Gasteiger charge is 2.05. The third-order valence-corrected chi connectivity index (χ3v) is 1.91. The van der Waals surface area contributed by atoms with Crippen LogP contribution in [-0.4, -0.2) is 22.0 Å². The van der Waals surface area contributed by atoms with Crippen molar-refractivity contribution in [1.29, 1.82) is 0 Å². The number of hydrogen-bond acceptors (Lipinski definition) is 2. The van der Waals surface area contributed by atoms with Crippen LogP contribution in [0.15, 0.2) is 28.3 Å². The third-order valence-electron chi connectivity index (χ3n) is 1.50. The van der Waals surface area contributed by atoms with E-state index in [1.807, 2.05) is 6.92 Å². The summed E-state index contributed by atoms with van der Waals surface area (Å²) < 4.78 is 12.6. The van der Waals surface area contributed by atoms with Gasteiger partial charge in [-0.3, -0.25) is 0 Å². The summed E-state index contributed by atoms with van der Waals surface area (Å²) >= 11 is 3.31. The molecule has 15 heavy (non-hydrogen) atoms. The predicted molar refractivity (Wildman–Crippen MR) is 62.4 cm³/mol. The third kappa shape index (κ3) is 3.75. The van der Waals surface area contributed by atoms with Gasteiger partial charge in [-0.05, 0) is 19.1 Å². The van der Waals surface area contributed by atoms with Crippen LogP contribution >= 0.6 is 15.9 Å². The van der Waals surface area contributed by atoms with Crippen LogP contribution in [0.1, 0.15) is 6.92 Å². The molecule has 1 aromatic heterocycles. The second-order valence-corrected chi connectivity index (χ2v) is 4.07. The Morgan fingerprint density at radius 2 is 2.40 bits per heavy atom. The van der Waals surface area contributed by atoms with Gasteiger partial charge in [-0.1, -0.05) is 15.9 Å². The number of nitrogens with two attached hydrogens (primary N) is 1. The average molecular weight is 273 g/mol. The Labute approximate surface area is 95.3 Å². The molecule has 6 heteroatoms. The van der Waals surface area contributed by atoms with Gasteiger partial charge in [0.2, 0.25) is 0 Å². The molecule has 0 saturated carbocycles. The van der Waals surface area contributed by atoms with Crippen LogP contribution < -0.4 is 5.73 Å². The van der Waals surface area contributed by atoms with E-state index in [0.717, 1.165) is 12.5 Å². The van der Waals surface area contributed by atoms with Gasteiger partial charge in [-0.25, -0.2) is 19.4 Å². The monoisotopic (exact) mass is 272 g/mol. The average Bonchev–Trinajstić information content (AvgIpc) is 2.20. The van der Waals surface area contributed by atoms with Crippen molar-refractivity contribution in [3.63, 3.8) is 0 Å². The van der Waals surface area contributed by atoms with Gasteiger partial charge in [0.25, 0.3) is 0 Å². The Hall–Kier alpha value is -1.30. The molecule has 0 saturated heterocycles. The number of aliphatic imine (C=N–C) groups is 2. The SMILES string of the molecule is CC(Br)C(N=CN)=Nc1ccc(F)cn1. The fourth-order valence-electron chi connectivity index (χ4n) is 0.848. The van der Waals surface area contributed by atoms with E-state index in [4.69, 9.17) is 5.73 Å². The molecular weight excluding hydrogens is 263 g/mol. The zero-order chi connectivity index (χ0) is 11.3. The lowest BCUT2D eigenvalue weighted by molar-refractivity contribution is 0.621. The van der Waals surface area contributed by atoms with Crippen LogP contribution in [-0.2, 0) is 0 Å². The first-order valence-electron chi connectivity index (χ1n) is 4.22. The van der Waals surface area contributed by atoms with E-state index < -0.39 is 5.82 Å². The van der Waals surface area contributed by atoms with Crippen LogP contribution in [0.2, 0.25) is 0 Å². The van der Waals surface area contributed by atoms with E-state index in [-0.39, 0.29) is 4.83 Å². The number of alkyl halides is 1. The number of amidine groups is 1. The van der Waals surface area contributed by atoms with E-state index in [2.05, 4.69) is 30.9 Å². The molecule has 0 spiro atoms. The molecule has 80 valence electrons. The molecule has 2 N–H and O–H groups in total. The van der Waals surface area contributed by atoms with Gasteiger partial charge in [0.15, 0.2) is 5.82 Å². The van der Waals surface area contributed by atoms with Gasteiger partial charge >= 0.3 is 0 Å². The summed E-state index contributed by atoms with van der Waals surface area (Å²) in [6.07, 6.45) is 2.25. The van der Waals surface area contributed by atoms with Crippen molar-refractivity contribution in [1.82, 2.24) is 4.98 Å². The largest absolute Gasteiger partial charge is 0.390 e. The number of pyridine rings is 1. The summed E-state index contributed by atoms with van der Waals surface area (Å²) in [6, 6.07) is 2.76. The first-order valence-corrected chi connectivity index (χ1v) is 5.13. The van der Waals surface area contributed by atoms with Crippen LogP contribution in [0.25, 0.3) is 0 Å². The van der Waals surface area contributed by atoms with Gasteiger partial charge in [0.05, 0.1) is 17.4 Å². The van der Waals surface area contributed by atoms with Crippen molar-refractivity contribution in [3.05, 3.63) is 24.1 Å². The molecule has 0 aliphatic rings. The lowest BCUT2D eigenvalue weighted by atomic mass is 10.4. The topological polar surface area (TPSA) is 63.6 Å². The quantitative estimate of drug-likeness (QED) is 0.509. The van der Waals surface area contributed by atoms with Crippen molar-refractivity contribution in [2.45, 2.75) is 11.8 Å². The maximum Gasteiger partial charge on any atom is 0.154 e. The van der Waals surface area contributed by atoms with Gasteiger partial charge in [0.1, 0.15) is 11.7 Å². The van der Waals surface area contributed by atoms with E-state index >= 15 is 0 Å². The van der Waals surface area contributed by atoms with Crippen LogP contribution in [0.3, 0.4) is 0 Å². The molecule has 1 atom stereocenters. The Morgan fingerprint density at radius 1 is 1.67 bits per heavy atom. The fraction of sp³-hybridized carbons (Fsp3) is 0.222. The summed E-state index contributed by atoms with van der Waals surface area (Å²) in [7, 11) is 0. The summed E-state index contributed by atoms with van der Waals surface area (Å²) in [5.41, 5.74) is 5.17. The second kappa shape index (κ2) is 5.55. The molecule has 0 fully saturated rings. The van der Waals surface area contributed by atoms with Gasteiger partial charge in [-0.15, -0.1) is 0 Å². The maximum atomic E-state index is 12.6. The van der Waals surface area contributed by atoms with Crippen molar-refractivity contribution in [3.8, 4) is 0 Å². The van der Waals surface area contributed by atoms with E-state index in [9.17, 15) is 4.39 Å². The predicted octanol–water partition coefficient (Wildman–Crippen LogP) is 2.02. The van der Waals surface area contributed by atoms with Crippen molar-refractivity contribution in [2.24, 2.45) is 15.7 Å². The molecule has 0 radical (unpaired) electrons. The first kappa shape index (κ1) is 11.8. The molecule has 0 aliphatic heterocycles. The van der Waals surface area contributed by atoms with Gasteiger partial charge in [-0.2, -0.15) is 0 Å². The highest BCUT2D eigenvalue weighted by atomic mass is 79.9. The highest BCUT2D eigenvalue weighted by molar-refractivity contribution is 9.10. The number of rotatable bonds is 2. The summed E-state index contributed by atoms with van der Waals surface area (Å²) in [4.78, 5) is 11.7. The zero-order valence-electron chi connectivity index (χ0n) is 8.06. The molecule has 0 bridgehead atoms. The highest BCUT2D eigenvalue weighted by Crippen LogP contribution is 2.11. The minimum Gasteiger partial charge on any atom is -0.390 e. The van der Waals surface area contributed by atoms with Gasteiger partial charge in [0, 0.05) is 0 Å². The van der Waals surface area contributed by atoms with Crippen LogP contribution in [0.4, 0.5) is 10.2 Å². The normalized spacial score (nSPS) is 14.5. The second-order valence-electron chi connectivity index (χ2n) is 2.70. The molecule has 1 rings (SSSR count). The number of halogens is 2. The summed E-state index contributed by atoms with van der Waals surface area (Å²) in [5.74, 6) is 0.477. The lowest BCUT2D eigenvalue weighted by Crippen LogP contribution is -2.08. The fourth-order valence-corrected chi connectivity index (χ4v) is 1.07. The molecule has 1 unspecified atom stereocenters. The van der Waals surface area contributed by atoms with Crippen LogP contribution in [0.5, 0.6) is 0 Å². The molecular formula is C9H10BrFN4. The Bertz CT molecular complexity index is 372. The number of nitrogens with zero attached hydrogens (tertiary/aromatic N) is 3. The summed E-state index contributed by atoms with van der Waals surface area (Å²) in [5, 5.41) is 0. The number of aromatic nitrogens is 1. The van der Waals surface area contributed by atoms with E-state index in [0.29, 0.717) is 11.7 Å². The lowest BCUT2D eigenvalue weighted by Gasteiger charge is -2.01. The first-order chi connectivity index (χ1) is 7.13. The smallest absolute Gasteiger partial charge is 0.154 e. The van der Waals surface area contributed by atoms with Crippen molar-refractivity contribution in [2.75, 3.05) is 0 Å². The minimum absolute atomic E-state index is 0.0517. The molecule has 0 amide bonds. The summed E-state index contributed by atoms with van der Waals surface area (Å²) in [6.45, 7) is 1.86.